The van der Waals surface area contributed by atoms with Crippen LogP contribution < -0.4 is 10.2 Å². The molecule has 0 atom stereocenters. The Kier molecular flexibility index (Phi) is 6.33. The van der Waals surface area contributed by atoms with Crippen molar-refractivity contribution in [2.45, 2.75) is 6.92 Å². The van der Waals surface area contributed by atoms with Crippen molar-refractivity contribution in [1.82, 2.24) is 10.4 Å². The number of nitrogens with one attached hydrogen (secondary N) is 1. The maximum atomic E-state index is 12.7. The quantitative estimate of drug-likeness (QED) is 0.301. The van der Waals surface area contributed by atoms with E-state index in [2.05, 4.69) is 5.43 Å². The molecule has 1 saturated heterocycles. The molecule has 0 aliphatic carbocycles. The lowest BCUT2D eigenvalue weighted by atomic mass is 10.1. The van der Waals surface area contributed by atoms with Crippen LogP contribution in [-0.2, 0) is 4.79 Å². The number of benzene rings is 2. The zero-order valence-electron chi connectivity index (χ0n) is 15.5. The second-order valence-electron chi connectivity index (χ2n) is 5.89. The normalized spacial score (nSPS) is 14.8. The van der Waals surface area contributed by atoms with Crippen LogP contribution in [0.15, 0.2) is 47.4 Å². The SMILES string of the molecule is CCOc1cc(/C=C2\SC(=S)N(NC(=O)c3ccccc3[N+](=O)[O-])C2=O)ccc1O. The van der Waals surface area contributed by atoms with Crippen LogP contribution in [0.25, 0.3) is 6.08 Å². The highest BCUT2D eigenvalue weighted by atomic mass is 32.2. The van der Waals surface area contributed by atoms with E-state index in [9.17, 15) is 24.8 Å². The molecule has 2 amide bonds. The number of rotatable bonds is 6. The molecule has 2 N–H and O–H groups in total. The zero-order chi connectivity index (χ0) is 21.8. The molecule has 0 saturated carbocycles. The Morgan fingerprint density at radius 3 is 2.80 bits per heavy atom. The van der Waals surface area contributed by atoms with Gasteiger partial charge in [-0.25, -0.2) is 0 Å². The second-order valence-corrected chi connectivity index (χ2v) is 7.57. The van der Waals surface area contributed by atoms with Crippen LogP contribution in [-0.4, -0.2) is 37.8 Å². The molecule has 2 aromatic carbocycles. The van der Waals surface area contributed by atoms with Gasteiger partial charge in [-0.2, -0.15) is 5.01 Å². The fourth-order valence-electron chi connectivity index (χ4n) is 2.59. The fourth-order valence-corrected chi connectivity index (χ4v) is 3.77. The maximum absolute atomic E-state index is 12.7. The number of thiocarbonyl (C=S) groups is 1. The third-order valence-corrected chi connectivity index (χ3v) is 5.24. The molecule has 0 aromatic heterocycles. The standard InChI is InChI=1S/C19H15N3O6S2/c1-2-28-15-9-11(7-8-14(15)23)10-16-18(25)21(19(29)30-16)20-17(24)12-5-3-4-6-13(12)22(26)27/h3-10,23H,2H2,1H3,(H,20,24)/b16-10-. The average molecular weight is 445 g/mol. The molecule has 0 radical (unpaired) electrons. The summed E-state index contributed by atoms with van der Waals surface area (Å²) in [7, 11) is 0. The van der Waals surface area contributed by atoms with E-state index in [0.717, 1.165) is 16.8 Å². The van der Waals surface area contributed by atoms with Gasteiger partial charge in [0.05, 0.1) is 16.4 Å². The van der Waals surface area contributed by atoms with E-state index < -0.39 is 16.7 Å². The first-order chi connectivity index (χ1) is 14.3. The number of hydrogen-bond donors (Lipinski definition) is 2. The van der Waals surface area contributed by atoms with Gasteiger partial charge < -0.3 is 9.84 Å². The molecule has 30 heavy (non-hydrogen) atoms. The summed E-state index contributed by atoms with van der Waals surface area (Å²) >= 11 is 6.13. The molecule has 0 bridgehead atoms. The molecule has 2 aromatic rings. The van der Waals surface area contributed by atoms with Crippen molar-refractivity contribution in [3.63, 3.8) is 0 Å². The summed E-state index contributed by atoms with van der Waals surface area (Å²) in [6, 6.07) is 9.99. The number of nitrogens with zero attached hydrogens (tertiary/aromatic N) is 2. The van der Waals surface area contributed by atoms with Crippen molar-refractivity contribution < 1.29 is 24.4 Å². The number of nitro groups is 1. The molecule has 0 spiro atoms. The van der Waals surface area contributed by atoms with Crippen molar-refractivity contribution in [3.8, 4) is 11.5 Å². The third-order valence-electron chi connectivity index (χ3n) is 3.93. The predicted octanol–water partition coefficient (Wildman–Crippen LogP) is 3.25. The first-order valence-electron chi connectivity index (χ1n) is 8.60. The second kappa shape index (κ2) is 8.93. The van der Waals surface area contributed by atoms with Crippen molar-refractivity contribution >= 4 is 51.9 Å². The lowest BCUT2D eigenvalue weighted by molar-refractivity contribution is -0.385. The van der Waals surface area contributed by atoms with Crippen molar-refractivity contribution in [2.75, 3.05) is 6.61 Å². The monoisotopic (exact) mass is 445 g/mol. The number of amides is 2. The number of phenolic OH excluding ortho intramolecular Hbond substituents is 1. The minimum Gasteiger partial charge on any atom is -0.504 e. The molecule has 3 rings (SSSR count). The number of aromatic hydroxyl groups is 1. The number of nitro benzene ring substituents is 1. The number of ether oxygens (including phenoxy) is 1. The predicted molar refractivity (Wildman–Crippen MR) is 115 cm³/mol. The Labute approximate surface area is 180 Å². The van der Waals surface area contributed by atoms with Crippen LogP contribution in [0.4, 0.5) is 5.69 Å². The minimum atomic E-state index is -0.830. The molecular formula is C19H15N3O6S2. The molecule has 1 fully saturated rings. The van der Waals surface area contributed by atoms with Gasteiger partial charge in [0.25, 0.3) is 17.5 Å². The van der Waals surface area contributed by atoms with Crippen LogP contribution in [0.5, 0.6) is 11.5 Å². The summed E-state index contributed by atoms with van der Waals surface area (Å²) in [4.78, 5) is 35.9. The molecule has 154 valence electrons. The molecule has 1 aliphatic rings. The Balaban J connectivity index is 1.82. The van der Waals surface area contributed by atoms with E-state index in [0.29, 0.717) is 12.2 Å². The van der Waals surface area contributed by atoms with E-state index in [-0.39, 0.29) is 32.0 Å². The summed E-state index contributed by atoms with van der Waals surface area (Å²) in [6.07, 6.45) is 1.54. The number of hydrazine groups is 1. The first-order valence-corrected chi connectivity index (χ1v) is 9.82. The number of phenols is 1. The first kappa shape index (κ1) is 21.3. The molecule has 9 nitrogen and oxygen atoms in total. The average Bonchev–Trinajstić information content (AvgIpc) is 2.98. The number of carbonyl (C=O) groups excluding carboxylic acids is 2. The van der Waals surface area contributed by atoms with E-state index in [1.807, 2.05) is 0 Å². The highest BCUT2D eigenvalue weighted by molar-refractivity contribution is 8.26. The molecule has 1 heterocycles. The minimum absolute atomic E-state index is 0.0294. The van der Waals surface area contributed by atoms with Gasteiger partial charge >= 0.3 is 0 Å². The number of para-hydroxylation sites is 1. The van der Waals surface area contributed by atoms with E-state index >= 15 is 0 Å². The third kappa shape index (κ3) is 4.42. The van der Waals surface area contributed by atoms with Crippen molar-refractivity contribution in [2.24, 2.45) is 0 Å². The Bertz CT molecular complexity index is 1090. The van der Waals surface area contributed by atoms with Crippen LogP contribution in [0.3, 0.4) is 0 Å². The number of hydrogen-bond acceptors (Lipinski definition) is 8. The highest BCUT2D eigenvalue weighted by Gasteiger charge is 2.34. The van der Waals surface area contributed by atoms with Gasteiger partial charge in [0.1, 0.15) is 5.56 Å². The lowest BCUT2D eigenvalue weighted by Gasteiger charge is -2.15. The summed E-state index contributed by atoms with van der Waals surface area (Å²) in [6.45, 7) is 2.13. The topological polar surface area (TPSA) is 122 Å². The van der Waals surface area contributed by atoms with Crippen LogP contribution in [0, 0.1) is 10.1 Å². The Hall–Kier alpha value is -3.44. The van der Waals surface area contributed by atoms with Gasteiger partial charge in [-0.15, -0.1) is 0 Å². The summed E-state index contributed by atoms with van der Waals surface area (Å²) < 4.78 is 5.40. The smallest absolute Gasteiger partial charge is 0.285 e. The Morgan fingerprint density at radius 1 is 1.37 bits per heavy atom. The number of thioether (sulfide) groups is 1. The highest BCUT2D eigenvalue weighted by Crippen LogP contribution is 2.34. The van der Waals surface area contributed by atoms with E-state index in [1.165, 1.54) is 30.3 Å². The molecule has 1 aliphatic heterocycles. The van der Waals surface area contributed by atoms with Crippen LogP contribution >= 0.6 is 24.0 Å². The van der Waals surface area contributed by atoms with Gasteiger partial charge in [-0.05, 0) is 49.0 Å². The summed E-state index contributed by atoms with van der Waals surface area (Å²) in [5.74, 6) is -1.17. The summed E-state index contributed by atoms with van der Waals surface area (Å²) in [5.41, 5.74) is 2.32. The number of carbonyl (C=O) groups is 2. The van der Waals surface area contributed by atoms with Crippen molar-refractivity contribution in [1.29, 1.82) is 0 Å². The molecular weight excluding hydrogens is 430 g/mol. The fraction of sp³-hybridized carbons (Fsp3) is 0.105. The van der Waals surface area contributed by atoms with E-state index in [4.69, 9.17) is 17.0 Å². The lowest BCUT2D eigenvalue weighted by Crippen LogP contribution is -2.45. The van der Waals surface area contributed by atoms with E-state index in [1.54, 1.807) is 25.1 Å². The van der Waals surface area contributed by atoms with Crippen molar-refractivity contribution in [3.05, 3.63) is 68.6 Å². The largest absolute Gasteiger partial charge is 0.504 e. The zero-order valence-corrected chi connectivity index (χ0v) is 17.2. The molecule has 0 unspecified atom stereocenters. The van der Waals surface area contributed by atoms with Crippen LogP contribution in [0.2, 0.25) is 0 Å². The van der Waals surface area contributed by atoms with Gasteiger partial charge in [0.2, 0.25) is 0 Å². The Morgan fingerprint density at radius 2 is 2.10 bits per heavy atom. The van der Waals surface area contributed by atoms with Gasteiger partial charge in [-0.1, -0.05) is 30.0 Å². The van der Waals surface area contributed by atoms with Gasteiger partial charge in [0, 0.05) is 6.07 Å². The van der Waals surface area contributed by atoms with Gasteiger partial charge in [-0.3, -0.25) is 25.1 Å². The van der Waals surface area contributed by atoms with Crippen LogP contribution in [0.1, 0.15) is 22.8 Å². The van der Waals surface area contributed by atoms with Gasteiger partial charge in [0.15, 0.2) is 15.8 Å². The molecule has 11 heteroatoms. The summed E-state index contributed by atoms with van der Waals surface area (Å²) in [5, 5.41) is 21.8. The maximum Gasteiger partial charge on any atom is 0.285 e.